The lowest BCUT2D eigenvalue weighted by Gasteiger charge is -2.22. The fraction of sp³-hybridized carbons (Fsp3) is 0.769. The van der Waals surface area contributed by atoms with Gasteiger partial charge in [-0.3, -0.25) is 0 Å². The van der Waals surface area contributed by atoms with Crippen molar-refractivity contribution in [1.29, 1.82) is 0 Å². The van der Waals surface area contributed by atoms with E-state index in [1.165, 1.54) is 6.42 Å². The molecule has 1 N–H and O–H groups in total. The lowest BCUT2D eigenvalue weighted by atomic mass is 10.1. The number of aryl methyl sites for hydroxylation is 1. The first-order valence-electron chi connectivity index (χ1n) is 6.54. The summed E-state index contributed by atoms with van der Waals surface area (Å²) in [5.41, 5.74) is 1.06. The van der Waals surface area contributed by atoms with E-state index in [-0.39, 0.29) is 6.61 Å². The molecule has 102 valence electrons. The zero-order valence-electron chi connectivity index (χ0n) is 11.4. The van der Waals surface area contributed by atoms with Gasteiger partial charge in [0.25, 0.3) is 0 Å². The van der Waals surface area contributed by atoms with Gasteiger partial charge < -0.3 is 10.0 Å². The second-order valence-corrected chi connectivity index (χ2v) is 8.09. The molecule has 0 radical (unpaired) electrons. The van der Waals surface area contributed by atoms with Crippen LogP contribution >= 0.6 is 23.1 Å². The molecule has 1 aliphatic heterocycles. The van der Waals surface area contributed by atoms with Crippen molar-refractivity contribution in [2.45, 2.75) is 45.0 Å². The normalized spacial score (nSPS) is 19.9. The third kappa shape index (κ3) is 3.19. The van der Waals surface area contributed by atoms with Gasteiger partial charge in [0, 0.05) is 23.6 Å². The third-order valence-corrected chi connectivity index (χ3v) is 5.87. The lowest BCUT2D eigenvalue weighted by Crippen LogP contribution is -2.26. The minimum atomic E-state index is 0.120. The average molecular weight is 286 g/mol. The van der Waals surface area contributed by atoms with Crippen LogP contribution in [0.15, 0.2) is 0 Å². The van der Waals surface area contributed by atoms with E-state index < -0.39 is 0 Å². The molecule has 1 saturated heterocycles. The number of anilines is 1. The van der Waals surface area contributed by atoms with Crippen LogP contribution in [0.4, 0.5) is 5.13 Å². The zero-order chi connectivity index (χ0) is 13.2. The maximum Gasteiger partial charge on any atom is 0.185 e. The van der Waals surface area contributed by atoms with Gasteiger partial charge in [-0.2, -0.15) is 11.8 Å². The van der Waals surface area contributed by atoms with Crippen molar-refractivity contribution in [2.75, 3.05) is 23.7 Å². The SMILES string of the molecule is CCc1nc(N2CCSC(C)(C)CC2)sc1CO. The van der Waals surface area contributed by atoms with Crippen LogP contribution in [0.1, 0.15) is 37.8 Å². The topological polar surface area (TPSA) is 36.4 Å². The number of hydrogen-bond acceptors (Lipinski definition) is 5. The van der Waals surface area contributed by atoms with Gasteiger partial charge in [0.05, 0.1) is 17.2 Å². The highest BCUT2D eigenvalue weighted by molar-refractivity contribution is 8.00. The Morgan fingerprint density at radius 2 is 2.17 bits per heavy atom. The predicted octanol–water partition coefficient (Wildman–Crippen LogP) is 2.92. The summed E-state index contributed by atoms with van der Waals surface area (Å²) in [6.45, 7) is 8.99. The van der Waals surface area contributed by atoms with E-state index in [0.29, 0.717) is 4.75 Å². The maximum atomic E-state index is 9.35. The monoisotopic (exact) mass is 286 g/mol. The van der Waals surface area contributed by atoms with Gasteiger partial charge >= 0.3 is 0 Å². The minimum Gasteiger partial charge on any atom is -0.391 e. The molecule has 0 amide bonds. The average Bonchev–Trinajstić information content (AvgIpc) is 2.67. The Labute approximate surface area is 118 Å². The van der Waals surface area contributed by atoms with Gasteiger partial charge in [-0.05, 0) is 12.8 Å². The largest absolute Gasteiger partial charge is 0.391 e. The summed E-state index contributed by atoms with van der Waals surface area (Å²) in [6.07, 6.45) is 2.09. The Kier molecular flexibility index (Phi) is 4.56. The van der Waals surface area contributed by atoms with Crippen molar-refractivity contribution < 1.29 is 5.11 Å². The quantitative estimate of drug-likeness (QED) is 0.927. The molecule has 0 atom stereocenters. The molecule has 1 aromatic rings. The molecule has 18 heavy (non-hydrogen) atoms. The van der Waals surface area contributed by atoms with E-state index >= 15 is 0 Å². The smallest absolute Gasteiger partial charge is 0.185 e. The highest BCUT2D eigenvalue weighted by Crippen LogP contribution is 2.34. The van der Waals surface area contributed by atoms with E-state index in [2.05, 4.69) is 30.7 Å². The molecule has 3 nitrogen and oxygen atoms in total. The molecule has 1 fully saturated rings. The predicted molar refractivity (Wildman–Crippen MR) is 80.8 cm³/mol. The Hall–Kier alpha value is -0.260. The van der Waals surface area contributed by atoms with Gasteiger partial charge in [0.1, 0.15) is 0 Å². The minimum absolute atomic E-state index is 0.120. The van der Waals surface area contributed by atoms with Crippen LogP contribution in [0.3, 0.4) is 0 Å². The summed E-state index contributed by atoms with van der Waals surface area (Å²) >= 11 is 3.70. The standard InChI is InChI=1S/C13H22N2OS2/c1-4-10-11(9-16)18-12(14-10)15-6-5-13(2,3)17-8-7-15/h16H,4-9H2,1-3H3. The van der Waals surface area contributed by atoms with Crippen molar-refractivity contribution in [3.63, 3.8) is 0 Å². The van der Waals surface area contributed by atoms with Crippen LogP contribution in [0.25, 0.3) is 0 Å². The van der Waals surface area contributed by atoms with E-state index in [1.54, 1.807) is 11.3 Å². The maximum absolute atomic E-state index is 9.35. The van der Waals surface area contributed by atoms with Gasteiger partial charge in [-0.25, -0.2) is 4.98 Å². The van der Waals surface area contributed by atoms with Crippen LogP contribution in [0, 0.1) is 0 Å². The van der Waals surface area contributed by atoms with Crippen LogP contribution in [-0.4, -0.2) is 33.7 Å². The first kappa shape index (κ1) is 14.2. The van der Waals surface area contributed by atoms with Crippen molar-refractivity contribution in [3.8, 4) is 0 Å². The Bertz CT molecular complexity index is 382. The molecule has 0 spiro atoms. The molecule has 5 heteroatoms. The molecule has 2 heterocycles. The summed E-state index contributed by atoms with van der Waals surface area (Å²) in [5.74, 6) is 1.16. The zero-order valence-corrected chi connectivity index (χ0v) is 13.0. The Morgan fingerprint density at radius 3 is 2.78 bits per heavy atom. The number of hydrogen-bond donors (Lipinski definition) is 1. The first-order valence-corrected chi connectivity index (χ1v) is 8.34. The number of rotatable bonds is 3. The molecule has 2 rings (SSSR count). The van der Waals surface area contributed by atoms with E-state index in [0.717, 1.165) is 41.0 Å². The van der Waals surface area contributed by atoms with Gasteiger partial charge in [-0.1, -0.05) is 32.1 Å². The second kappa shape index (κ2) is 5.80. The molecule has 0 aromatic carbocycles. The van der Waals surface area contributed by atoms with Crippen LogP contribution in [0.5, 0.6) is 0 Å². The lowest BCUT2D eigenvalue weighted by molar-refractivity contribution is 0.284. The van der Waals surface area contributed by atoms with Crippen molar-refractivity contribution in [2.24, 2.45) is 0 Å². The first-order chi connectivity index (χ1) is 8.55. The molecular weight excluding hydrogens is 264 g/mol. The second-order valence-electron chi connectivity index (χ2n) is 5.22. The molecular formula is C13H22N2OS2. The van der Waals surface area contributed by atoms with Crippen molar-refractivity contribution >= 4 is 28.2 Å². The fourth-order valence-corrected chi connectivity index (χ4v) is 4.28. The Balaban J connectivity index is 2.13. The number of thioether (sulfide) groups is 1. The van der Waals surface area contributed by atoms with Gasteiger partial charge in [0.15, 0.2) is 5.13 Å². The summed E-state index contributed by atoms with van der Waals surface area (Å²) < 4.78 is 0.374. The third-order valence-electron chi connectivity index (χ3n) is 3.35. The molecule has 0 bridgehead atoms. The van der Waals surface area contributed by atoms with Crippen molar-refractivity contribution in [3.05, 3.63) is 10.6 Å². The molecule has 1 aromatic heterocycles. The summed E-state index contributed by atoms with van der Waals surface area (Å²) in [4.78, 5) is 8.10. The summed E-state index contributed by atoms with van der Waals surface area (Å²) in [6, 6.07) is 0. The van der Waals surface area contributed by atoms with E-state index in [4.69, 9.17) is 0 Å². The summed E-state index contributed by atoms with van der Waals surface area (Å²) in [7, 11) is 0. The Morgan fingerprint density at radius 1 is 1.39 bits per heavy atom. The number of thiazole rings is 1. The van der Waals surface area contributed by atoms with Crippen LogP contribution in [-0.2, 0) is 13.0 Å². The van der Waals surface area contributed by atoms with Gasteiger partial charge in [0.2, 0.25) is 0 Å². The van der Waals surface area contributed by atoms with Crippen LogP contribution < -0.4 is 4.90 Å². The highest BCUT2D eigenvalue weighted by atomic mass is 32.2. The number of nitrogens with zero attached hydrogens (tertiary/aromatic N) is 2. The molecule has 0 saturated carbocycles. The summed E-state index contributed by atoms with van der Waals surface area (Å²) in [5, 5.41) is 10.4. The van der Waals surface area contributed by atoms with Crippen molar-refractivity contribution in [1.82, 2.24) is 4.98 Å². The van der Waals surface area contributed by atoms with E-state index in [9.17, 15) is 5.11 Å². The highest BCUT2D eigenvalue weighted by Gasteiger charge is 2.25. The van der Waals surface area contributed by atoms with Gasteiger partial charge in [-0.15, -0.1) is 0 Å². The number of aromatic nitrogens is 1. The fourth-order valence-electron chi connectivity index (χ4n) is 2.12. The van der Waals surface area contributed by atoms with Crippen LogP contribution in [0.2, 0.25) is 0 Å². The number of aliphatic hydroxyl groups is 1. The molecule has 0 aliphatic carbocycles. The molecule has 0 unspecified atom stereocenters. The number of aliphatic hydroxyl groups excluding tert-OH is 1. The molecule has 1 aliphatic rings. The van der Waals surface area contributed by atoms with E-state index in [1.807, 2.05) is 11.8 Å².